The molecule has 0 aromatic rings. The first-order valence-electron chi connectivity index (χ1n) is 4.05. The molecular weight excluding hydrogens is 176 g/mol. The first-order valence-corrected chi connectivity index (χ1v) is 5.74. The molecule has 4 nitrogen and oxygen atoms in total. The number of rotatable bonds is 5. The summed E-state index contributed by atoms with van der Waals surface area (Å²) in [6, 6.07) is -0.0525. The normalized spacial score (nSPS) is 19.1. The molecule has 74 valence electrons. The molecule has 0 saturated heterocycles. The topological polar surface area (TPSA) is 87.2 Å². The molecule has 5 heteroatoms. The molecule has 0 rings (SSSR count). The SMILES string of the molecule is CC(C)C[C@H](N)CCS(=N)(=O)O. The van der Waals surface area contributed by atoms with Crippen molar-refractivity contribution in [2.75, 3.05) is 5.75 Å². The summed E-state index contributed by atoms with van der Waals surface area (Å²) in [5.41, 5.74) is 5.66. The summed E-state index contributed by atoms with van der Waals surface area (Å²) in [7, 11) is -3.33. The van der Waals surface area contributed by atoms with E-state index in [1.54, 1.807) is 0 Å². The van der Waals surface area contributed by atoms with E-state index in [1.807, 2.05) is 0 Å². The average molecular weight is 194 g/mol. The van der Waals surface area contributed by atoms with Gasteiger partial charge < -0.3 is 10.3 Å². The van der Waals surface area contributed by atoms with Gasteiger partial charge in [0, 0.05) is 6.04 Å². The molecule has 0 amide bonds. The smallest absolute Gasteiger partial charge is 0.158 e. The van der Waals surface area contributed by atoms with Gasteiger partial charge in [-0.25, -0.2) is 8.99 Å². The van der Waals surface area contributed by atoms with E-state index >= 15 is 0 Å². The molecule has 0 fully saturated rings. The third-order valence-corrected chi connectivity index (χ3v) is 2.33. The molecule has 1 unspecified atom stereocenters. The predicted molar refractivity (Wildman–Crippen MR) is 50.4 cm³/mol. The van der Waals surface area contributed by atoms with Crippen LogP contribution in [0.2, 0.25) is 0 Å². The maximum atomic E-state index is 10.5. The van der Waals surface area contributed by atoms with Gasteiger partial charge >= 0.3 is 0 Å². The second-order valence-electron chi connectivity index (χ2n) is 3.52. The maximum Gasteiger partial charge on any atom is 0.158 e. The van der Waals surface area contributed by atoms with Crippen molar-refractivity contribution in [3.05, 3.63) is 0 Å². The molecule has 0 aliphatic rings. The third kappa shape index (κ3) is 7.97. The second kappa shape index (κ2) is 4.79. The van der Waals surface area contributed by atoms with Crippen LogP contribution in [-0.2, 0) is 10.0 Å². The monoisotopic (exact) mass is 194 g/mol. The summed E-state index contributed by atoms with van der Waals surface area (Å²) in [6.07, 6.45) is 1.30. The largest absolute Gasteiger partial charge is 0.328 e. The predicted octanol–water partition coefficient (Wildman–Crippen LogP) is 1.27. The number of nitrogens with two attached hydrogens (primary N) is 1. The Morgan fingerprint density at radius 1 is 1.58 bits per heavy atom. The molecule has 4 N–H and O–H groups in total. The van der Waals surface area contributed by atoms with Crippen molar-refractivity contribution < 1.29 is 8.76 Å². The Balaban J connectivity index is 3.65. The minimum Gasteiger partial charge on any atom is -0.328 e. The number of hydrogen-bond donors (Lipinski definition) is 3. The van der Waals surface area contributed by atoms with E-state index in [1.165, 1.54) is 0 Å². The summed E-state index contributed by atoms with van der Waals surface area (Å²) in [6.45, 7) is 4.10. The lowest BCUT2D eigenvalue weighted by atomic mass is 10.0. The number of nitrogens with one attached hydrogen (secondary N) is 1. The Morgan fingerprint density at radius 2 is 2.08 bits per heavy atom. The summed E-state index contributed by atoms with van der Waals surface area (Å²) >= 11 is 0. The fourth-order valence-corrected chi connectivity index (χ4v) is 1.66. The van der Waals surface area contributed by atoms with E-state index in [-0.39, 0.29) is 11.8 Å². The van der Waals surface area contributed by atoms with Crippen LogP contribution < -0.4 is 5.73 Å². The van der Waals surface area contributed by atoms with Crippen molar-refractivity contribution in [1.29, 1.82) is 4.78 Å². The third-order valence-electron chi connectivity index (χ3n) is 1.54. The highest BCUT2D eigenvalue weighted by molar-refractivity contribution is 7.86. The summed E-state index contributed by atoms with van der Waals surface area (Å²) in [5, 5.41) is 0. The van der Waals surface area contributed by atoms with Crippen LogP contribution in [-0.4, -0.2) is 20.6 Å². The van der Waals surface area contributed by atoms with Gasteiger partial charge in [-0.3, -0.25) is 0 Å². The van der Waals surface area contributed by atoms with Crippen LogP contribution in [0.25, 0.3) is 0 Å². The lowest BCUT2D eigenvalue weighted by Crippen LogP contribution is -2.24. The van der Waals surface area contributed by atoms with Crippen LogP contribution in [0.3, 0.4) is 0 Å². The molecular formula is C7H18N2O2S. The Labute approximate surface area is 74.3 Å². The van der Waals surface area contributed by atoms with Crippen molar-refractivity contribution >= 4 is 10.0 Å². The summed E-state index contributed by atoms with van der Waals surface area (Å²) < 4.78 is 25.9. The Bertz CT molecular complexity index is 211. The van der Waals surface area contributed by atoms with Gasteiger partial charge in [0.25, 0.3) is 0 Å². The Kier molecular flexibility index (Phi) is 4.74. The van der Waals surface area contributed by atoms with Crippen LogP contribution in [0.4, 0.5) is 0 Å². The molecule has 0 radical (unpaired) electrons. The van der Waals surface area contributed by atoms with Crippen LogP contribution in [0, 0.1) is 10.7 Å². The van der Waals surface area contributed by atoms with Crippen molar-refractivity contribution in [1.82, 2.24) is 0 Å². The summed E-state index contributed by atoms with van der Waals surface area (Å²) in [5.74, 6) is 0.487. The Hall–Kier alpha value is -0.130. The first-order chi connectivity index (χ1) is 5.31. The number of hydrogen-bond acceptors (Lipinski definition) is 3. The zero-order valence-corrected chi connectivity index (χ0v) is 8.43. The van der Waals surface area contributed by atoms with E-state index < -0.39 is 10.0 Å². The van der Waals surface area contributed by atoms with Crippen molar-refractivity contribution in [2.24, 2.45) is 11.7 Å². The molecule has 2 atom stereocenters. The van der Waals surface area contributed by atoms with E-state index in [9.17, 15) is 4.21 Å². The molecule has 0 aromatic heterocycles. The lowest BCUT2D eigenvalue weighted by molar-refractivity contribution is 0.478. The second-order valence-corrected chi connectivity index (χ2v) is 5.21. The van der Waals surface area contributed by atoms with Crippen molar-refractivity contribution in [2.45, 2.75) is 32.7 Å². The van der Waals surface area contributed by atoms with Crippen molar-refractivity contribution in [3.63, 3.8) is 0 Å². The quantitative estimate of drug-likeness (QED) is 0.616. The minimum absolute atomic E-state index is 0.0130. The average Bonchev–Trinajstić information content (AvgIpc) is 1.80. The summed E-state index contributed by atoms with van der Waals surface area (Å²) in [4.78, 5) is 0. The van der Waals surface area contributed by atoms with Gasteiger partial charge in [0.2, 0.25) is 0 Å². The Morgan fingerprint density at radius 3 is 2.42 bits per heavy atom. The minimum atomic E-state index is -3.33. The highest BCUT2D eigenvalue weighted by Gasteiger charge is 2.08. The maximum absolute atomic E-state index is 10.5. The molecule has 0 saturated carbocycles. The van der Waals surface area contributed by atoms with E-state index in [4.69, 9.17) is 15.1 Å². The van der Waals surface area contributed by atoms with Gasteiger partial charge in [-0.1, -0.05) is 13.8 Å². The fourth-order valence-electron chi connectivity index (χ4n) is 1.03. The van der Waals surface area contributed by atoms with Gasteiger partial charge in [0.1, 0.15) is 0 Å². The molecule has 0 bridgehead atoms. The van der Waals surface area contributed by atoms with Crippen LogP contribution in [0.1, 0.15) is 26.7 Å². The molecule has 0 aliphatic heterocycles. The zero-order valence-electron chi connectivity index (χ0n) is 7.62. The molecule has 0 aliphatic carbocycles. The molecule has 0 spiro atoms. The zero-order chi connectivity index (χ0) is 9.78. The van der Waals surface area contributed by atoms with E-state index in [0.29, 0.717) is 12.3 Å². The fraction of sp³-hybridized carbons (Fsp3) is 1.00. The van der Waals surface area contributed by atoms with E-state index in [0.717, 1.165) is 6.42 Å². The van der Waals surface area contributed by atoms with Gasteiger partial charge in [0.05, 0.1) is 5.75 Å². The molecule has 12 heavy (non-hydrogen) atoms. The van der Waals surface area contributed by atoms with Crippen LogP contribution in [0.15, 0.2) is 0 Å². The molecule has 0 heterocycles. The van der Waals surface area contributed by atoms with E-state index in [2.05, 4.69) is 13.8 Å². The highest BCUT2D eigenvalue weighted by Crippen LogP contribution is 2.06. The van der Waals surface area contributed by atoms with Crippen LogP contribution >= 0.6 is 0 Å². The van der Waals surface area contributed by atoms with Gasteiger partial charge in [0.15, 0.2) is 10.0 Å². The first kappa shape index (κ1) is 11.9. The van der Waals surface area contributed by atoms with Gasteiger partial charge in [-0.2, -0.15) is 0 Å². The van der Waals surface area contributed by atoms with Gasteiger partial charge in [-0.05, 0) is 18.8 Å². The molecule has 0 aromatic carbocycles. The van der Waals surface area contributed by atoms with Crippen molar-refractivity contribution in [3.8, 4) is 0 Å². The highest BCUT2D eigenvalue weighted by atomic mass is 32.2. The lowest BCUT2D eigenvalue weighted by Gasteiger charge is -2.12. The standard InChI is InChI=1S/C7H18N2O2S/c1-6(2)5-7(8)3-4-12(9,10)11/h6-7H,3-5,8H2,1-2H3,(H2,9,10,11)/t7-/m1/s1. The van der Waals surface area contributed by atoms with Crippen LogP contribution in [0.5, 0.6) is 0 Å². The van der Waals surface area contributed by atoms with Gasteiger partial charge in [-0.15, -0.1) is 0 Å².